The molecule has 0 aromatic carbocycles. The maximum absolute atomic E-state index is 11.0. The van der Waals surface area contributed by atoms with E-state index in [-0.39, 0.29) is 12.4 Å². The Balaban J connectivity index is 2.61. The third-order valence-corrected chi connectivity index (χ3v) is 1.07. The van der Waals surface area contributed by atoms with Gasteiger partial charge in [-0.05, 0) is 6.92 Å². The van der Waals surface area contributed by atoms with Gasteiger partial charge in [-0.3, -0.25) is 4.79 Å². The summed E-state index contributed by atoms with van der Waals surface area (Å²) in [6.07, 6.45) is 4.93. The molecule has 0 aliphatic heterocycles. The summed E-state index contributed by atoms with van der Waals surface area (Å²) < 4.78 is 4.58. The summed E-state index contributed by atoms with van der Waals surface area (Å²) in [5, 5.41) is 5.84. The Bertz CT molecular complexity index is 324. The number of hydrogen-bond donors (Lipinski definition) is 1. The molecular formula is C7H7N3O2. The number of carbonyl (C=O) groups is 1. The summed E-state index contributed by atoms with van der Waals surface area (Å²) in [6, 6.07) is 0. The summed E-state index contributed by atoms with van der Waals surface area (Å²) in [5.41, 5.74) is 0. The fourth-order valence-corrected chi connectivity index (χ4v) is 0.596. The van der Waals surface area contributed by atoms with Crippen LogP contribution in [-0.4, -0.2) is 22.6 Å². The lowest BCUT2D eigenvalue weighted by Gasteiger charge is -1.92. The first kappa shape index (κ1) is 8.27. The standard InChI is InChI=1S/C7H7N3O2/c1-3-4-8-6(11)7-9-5(2)10-12-7/h1H,4H2,2H3,(H,8,11). The van der Waals surface area contributed by atoms with Gasteiger partial charge in [0.05, 0.1) is 6.54 Å². The zero-order valence-electron chi connectivity index (χ0n) is 6.50. The maximum Gasteiger partial charge on any atom is 0.315 e. The topological polar surface area (TPSA) is 68.0 Å². The van der Waals surface area contributed by atoms with Crippen LogP contribution in [0.25, 0.3) is 0 Å². The van der Waals surface area contributed by atoms with E-state index in [1.807, 2.05) is 0 Å². The van der Waals surface area contributed by atoms with Crippen LogP contribution < -0.4 is 5.32 Å². The van der Waals surface area contributed by atoms with Gasteiger partial charge in [-0.15, -0.1) is 6.42 Å². The molecule has 1 heterocycles. The third kappa shape index (κ3) is 1.83. The zero-order valence-corrected chi connectivity index (χ0v) is 6.50. The smallest absolute Gasteiger partial charge is 0.315 e. The average molecular weight is 165 g/mol. The van der Waals surface area contributed by atoms with Crippen LogP contribution in [0.5, 0.6) is 0 Å². The van der Waals surface area contributed by atoms with Crippen molar-refractivity contribution in [1.82, 2.24) is 15.5 Å². The Morgan fingerprint density at radius 3 is 3.08 bits per heavy atom. The fourth-order valence-electron chi connectivity index (χ4n) is 0.596. The van der Waals surface area contributed by atoms with E-state index in [0.29, 0.717) is 5.82 Å². The highest BCUT2D eigenvalue weighted by molar-refractivity contribution is 5.89. The van der Waals surface area contributed by atoms with Gasteiger partial charge in [0.1, 0.15) is 0 Å². The predicted octanol–water partition coefficient (Wildman–Crippen LogP) is -0.259. The van der Waals surface area contributed by atoms with Crippen LogP contribution in [0.2, 0.25) is 0 Å². The molecule has 1 rings (SSSR count). The Hall–Kier alpha value is -1.83. The monoisotopic (exact) mass is 165 g/mol. The van der Waals surface area contributed by atoms with Gasteiger partial charge in [-0.2, -0.15) is 4.98 Å². The van der Waals surface area contributed by atoms with Crippen molar-refractivity contribution in [1.29, 1.82) is 0 Å². The lowest BCUT2D eigenvalue weighted by Crippen LogP contribution is -2.23. The van der Waals surface area contributed by atoms with Crippen LogP contribution in [0.15, 0.2) is 4.52 Å². The Labute approximate surface area is 69.2 Å². The summed E-state index contributed by atoms with van der Waals surface area (Å²) in [7, 11) is 0. The molecule has 1 aromatic rings. The first-order chi connectivity index (χ1) is 5.74. The second kappa shape index (κ2) is 3.53. The lowest BCUT2D eigenvalue weighted by molar-refractivity contribution is 0.0915. The minimum atomic E-state index is -0.450. The van der Waals surface area contributed by atoms with Crippen molar-refractivity contribution in [2.75, 3.05) is 6.54 Å². The van der Waals surface area contributed by atoms with Gasteiger partial charge in [0.25, 0.3) is 0 Å². The molecule has 62 valence electrons. The van der Waals surface area contributed by atoms with Crippen LogP contribution in [0.4, 0.5) is 0 Å². The molecule has 12 heavy (non-hydrogen) atoms. The van der Waals surface area contributed by atoms with Gasteiger partial charge >= 0.3 is 11.8 Å². The molecule has 0 aliphatic rings. The molecule has 0 spiro atoms. The summed E-state index contributed by atoms with van der Waals surface area (Å²) >= 11 is 0. The van der Waals surface area contributed by atoms with Gasteiger partial charge in [-0.25, -0.2) is 0 Å². The molecule has 0 saturated carbocycles. The number of nitrogens with zero attached hydrogens (tertiary/aromatic N) is 2. The van der Waals surface area contributed by atoms with E-state index in [1.165, 1.54) is 0 Å². The first-order valence-corrected chi connectivity index (χ1v) is 3.26. The van der Waals surface area contributed by atoms with Crippen molar-refractivity contribution in [2.24, 2.45) is 0 Å². The molecule has 0 aliphatic carbocycles. The minimum absolute atomic E-state index is 0.0669. The van der Waals surface area contributed by atoms with Gasteiger partial charge in [-0.1, -0.05) is 11.1 Å². The third-order valence-electron chi connectivity index (χ3n) is 1.07. The van der Waals surface area contributed by atoms with Gasteiger partial charge < -0.3 is 9.84 Å². The van der Waals surface area contributed by atoms with Crippen molar-refractivity contribution in [3.05, 3.63) is 11.7 Å². The summed E-state index contributed by atoms with van der Waals surface area (Å²) in [5.74, 6) is 2.15. The van der Waals surface area contributed by atoms with Crippen LogP contribution in [0.3, 0.4) is 0 Å². The van der Waals surface area contributed by atoms with Crippen LogP contribution in [0, 0.1) is 19.3 Å². The molecule has 0 unspecified atom stereocenters. The molecular weight excluding hydrogens is 158 g/mol. The summed E-state index contributed by atoms with van der Waals surface area (Å²) in [6.45, 7) is 1.78. The molecule has 5 heteroatoms. The Kier molecular flexibility index (Phi) is 2.43. The van der Waals surface area contributed by atoms with E-state index in [4.69, 9.17) is 6.42 Å². The van der Waals surface area contributed by atoms with E-state index in [0.717, 1.165) is 0 Å². The number of carbonyl (C=O) groups excluding carboxylic acids is 1. The molecule has 0 fully saturated rings. The molecule has 5 nitrogen and oxygen atoms in total. The maximum atomic E-state index is 11.0. The van der Waals surface area contributed by atoms with E-state index in [2.05, 4.69) is 25.9 Å². The van der Waals surface area contributed by atoms with Crippen molar-refractivity contribution in [3.63, 3.8) is 0 Å². The highest BCUT2D eigenvalue weighted by atomic mass is 16.5. The highest BCUT2D eigenvalue weighted by Crippen LogP contribution is 1.94. The SMILES string of the molecule is C#CCNC(=O)c1nc(C)no1. The van der Waals surface area contributed by atoms with Crippen LogP contribution in [0.1, 0.15) is 16.5 Å². The lowest BCUT2D eigenvalue weighted by atomic mass is 10.5. The predicted molar refractivity (Wildman–Crippen MR) is 40.2 cm³/mol. The van der Waals surface area contributed by atoms with Crippen molar-refractivity contribution in [2.45, 2.75) is 6.92 Å². The molecule has 1 amide bonds. The number of terminal acetylenes is 1. The normalized spacial score (nSPS) is 9.00. The fraction of sp³-hybridized carbons (Fsp3) is 0.286. The number of rotatable bonds is 2. The quantitative estimate of drug-likeness (QED) is 0.613. The highest BCUT2D eigenvalue weighted by Gasteiger charge is 2.11. The van der Waals surface area contributed by atoms with Crippen LogP contribution >= 0.6 is 0 Å². The molecule has 1 aromatic heterocycles. The van der Waals surface area contributed by atoms with E-state index < -0.39 is 5.91 Å². The van der Waals surface area contributed by atoms with Crippen molar-refractivity contribution < 1.29 is 9.32 Å². The Morgan fingerprint density at radius 2 is 2.58 bits per heavy atom. The van der Waals surface area contributed by atoms with E-state index in [9.17, 15) is 4.79 Å². The summed E-state index contributed by atoms with van der Waals surface area (Å²) in [4.78, 5) is 14.7. The molecule has 0 radical (unpaired) electrons. The van der Waals surface area contributed by atoms with Crippen molar-refractivity contribution in [3.8, 4) is 12.3 Å². The molecule has 0 atom stereocenters. The zero-order chi connectivity index (χ0) is 8.97. The van der Waals surface area contributed by atoms with Crippen LogP contribution in [-0.2, 0) is 0 Å². The van der Waals surface area contributed by atoms with Gasteiger partial charge in [0.2, 0.25) is 0 Å². The van der Waals surface area contributed by atoms with Gasteiger partial charge in [0, 0.05) is 0 Å². The van der Waals surface area contributed by atoms with E-state index in [1.54, 1.807) is 6.92 Å². The number of aromatic nitrogens is 2. The second-order valence-electron chi connectivity index (χ2n) is 2.03. The minimum Gasteiger partial charge on any atom is -0.337 e. The van der Waals surface area contributed by atoms with E-state index >= 15 is 0 Å². The molecule has 1 N–H and O–H groups in total. The second-order valence-corrected chi connectivity index (χ2v) is 2.03. The number of amides is 1. The van der Waals surface area contributed by atoms with Gasteiger partial charge in [0.15, 0.2) is 5.82 Å². The first-order valence-electron chi connectivity index (χ1n) is 3.26. The molecule has 0 bridgehead atoms. The number of hydrogen-bond acceptors (Lipinski definition) is 4. The Morgan fingerprint density at radius 1 is 1.83 bits per heavy atom. The number of nitrogens with one attached hydrogen (secondary N) is 1. The number of aryl methyl sites for hydroxylation is 1. The molecule has 0 saturated heterocycles. The largest absolute Gasteiger partial charge is 0.337 e. The average Bonchev–Trinajstić information content (AvgIpc) is 2.47. The van der Waals surface area contributed by atoms with Crippen molar-refractivity contribution >= 4 is 5.91 Å².